The van der Waals surface area contributed by atoms with E-state index in [-0.39, 0.29) is 18.6 Å². The van der Waals surface area contributed by atoms with Crippen LogP contribution in [-0.4, -0.2) is 48.3 Å². The summed E-state index contributed by atoms with van der Waals surface area (Å²) in [5, 5.41) is 9.28. The van der Waals surface area contributed by atoms with E-state index in [9.17, 15) is 4.79 Å². The number of aryl methyl sites for hydroxylation is 1. The van der Waals surface area contributed by atoms with Crippen molar-refractivity contribution in [2.75, 3.05) is 26.3 Å². The van der Waals surface area contributed by atoms with E-state index >= 15 is 0 Å². The van der Waals surface area contributed by atoms with Crippen LogP contribution in [0.15, 0.2) is 18.2 Å². The highest BCUT2D eigenvalue weighted by Crippen LogP contribution is 2.23. The van der Waals surface area contributed by atoms with Crippen LogP contribution in [0.25, 0.3) is 0 Å². The van der Waals surface area contributed by atoms with Crippen LogP contribution in [0.3, 0.4) is 0 Å². The molecular weight excluding hydrogens is 290 g/mol. The van der Waals surface area contributed by atoms with E-state index in [0.29, 0.717) is 36.7 Å². The van der Waals surface area contributed by atoms with Crippen molar-refractivity contribution in [1.82, 2.24) is 4.90 Å². The summed E-state index contributed by atoms with van der Waals surface area (Å²) in [6, 6.07) is 5.54. The SMILES string of the molecule is Cc1cccc(C(=O)N2CCC(OCCCO)CC2)c1Cl. The van der Waals surface area contributed by atoms with Crippen LogP contribution in [0.5, 0.6) is 0 Å². The Hall–Kier alpha value is -1.10. The lowest BCUT2D eigenvalue weighted by Crippen LogP contribution is -2.41. The first-order valence-electron chi connectivity index (χ1n) is 7.40. The van der Waals surface area contributed by atoms with E-state index in [4.69, 9.17) is 21.4 Å². The lowest BCUT2D eigenvalue weighted by Gasteiger charge is -2.32. The topological polar surface area (TPSA) is 49.8 Å². The molecule has 21 heavy (non-hydrogen) atoms. The first-order chi connectivity index (χ1) is 10.1. The molecule has 1 heterocycles. The molecule has 1 N–H and O–H groups in total. The van der Waals surface area contributed by atoms with Gasteiger partial charge in [-0.25, -0.2) is 0 Å². The van der Waals surface area contributed by atoms with Crippen molar-refractivity contribution in [3.63, 3.8) is 0 Å². The molecule has 1 fully saturated rings. The van der Waals surface area contributed by atoms with Crippen LogP contribution in [0.2, 0.25) is 5.02 Å². The second-order valence-corrected chi connectivity index (χ2v) is 5.75. The van der Waals surface area contributed by atoms with Crippen molar-refractivity contribution < 1.29 is 14.6 Å². The molecular formula is C16H22ClNO3. The monoisotopic (exact) mass is 311 g/mol. The smallest absolute Gasteiger partial charge is 0.255 e. The van der Waals surface area contributed by atoms with Gasteiger partial charge in [0.25, 0.3) is 5.91 Å². The van der Waals surface area contributed by atoms with Gasteiger partial charge in [0.15, 0.2) is 0 Å². The Morgan fingerprint density at radius 2 is 2.14 bits per heavy atom. The number of piperidine rings is 1. The molecule has 0 aromatic heterocycles. The maximum atomic E-state index is 12.5. The Labute approximate surface area is 130 Å². The molecule has 1 saturated heterocycles. The average molecular weight is 312 g/mol. The summed E-state index contributed by atoms with van der Waals surface area (Å²) >= 11 is 6.22. The number of halogens is 1. The Kier molecular flexibility index (Phi) is 6.03. The zero-order chi connectivity index (χ0) is 15.2. The van der Waals surface area contributed by atoms with E-state index in [2.05, 4.69) is 0 Å². The predicted octanol–water partition coefficient (Wildman–Crippen LogP) is 2.65. The predicted molar refractivity (Wildman–Crippen MR) is 82.8 cm³/mol. The Morgan fingerprint density at radius 3 is 2.81 bits per heavy atom. The van der Waals surface area contributed by atoms with E-state index < -0.39 is 0 Å². The molecule has 116 valence electrons. The molecule has 1 aliphatic heterocycles. The molecule has 1 amide bonds. The molecule has 1 aliphatic rings. The van der Waals surface area contributed by atoms with Gasteiger partial charge in [-0.1, -0.05) is 23.7 Å². The number of aliphatic hydroxyl groups is 1. The van der Waals surface area contributed by atoms with Crippen LogP contribution < -0.4 is 0 Å². The second-order valence-electron chi connectivity index (χ2n) is 5.38. The zero-order valence-corrected chi connectivity index (χ0v) is 13.1. The van der Waals surface area contributed by atoms with Gasteiger partial charge in [0.05, 0.1) is 16.7 Å². The standard InChI is InChI=1S/C16H22ClNO3/c1-12-4-2-5-14(15(12)17)16(20)18-8-6-13(7-9-18)21-11-3-10-19/h2,4-5,13,19H,3,6-11H2,1H3. The summed E-state index contributed by atoms with van der Waals surface area (Å²) in [6.45, 7) is 4.02. The number of nitrogens with zero attached hydrogens (tertiary/aromatic N) is 1. The number of hydrogen-bond acceptors (Lipinski definition) is 3. The summed E-state index contributed by atoms with van der Waals surface area (Å²) in [6.07, 6.45) is 2.52. The van der Waals surface area contributed by atoms with Crippen LogP contribution in [-0.2, 0) is 4.74 Å². The fraction of sp³-hybridized carbons (Fsp3) is 0.562. The highest BCUT2D eigenvalue weighted by molar-refractivity contribution is 6.34. The number of rotatable bonds is 5. The largest absolute Gasteiger partial charge is 0.396 e. The number of aliphatic hydroxyl groups excluding tert-OH is 1. The molecule has 4 nitrogen and oxygen atoms in total. The molecule has 0 unspecified atom stereocenters. The first-order valence-corrected chi connectivity index (χ1v) is 7.78. The minimum absolute atomic E-state index is 0.00231. The third-order valence-electron chi connectivity index (χ3n) is 3.81. The Balaban J connectivity index is 1.90. The van der Waals surface area contributed by atoms with Crippen molar-refractivity contribution in [2.24, 2.45) is 0 Å². The number of likely N-dealkylation sites (tertiary alicyclic amines) is 1. The molecule has 0 saturated carbocycles. The number of hydrogen-bond donors (Lipinski definition) is 1. The van der Waals surface area contributed by atoms with Gasteiger partial charge in [0.1, 0.15) is 0 Å². The number of benzene rings is 1. The molecule has 0 radical (unpaired) electrons. The minimum atomic E-state index is -0.00231. The summed E-state index contributed by atoms with van der Waals surface area (Å²) in [7, 11) is 0. The molecule has 5 heteroatoms. The molecule has 1 aromatic rings. The van der Waals surface area contributed by atoms with Crippen molar-refractivity contribution in [3.8, 4) is 0 Å². The highest BCUT2D eigenvalue weighted by atomic mass is 35.5. The first kappa shape index (κ1) is 16.3. The summed E-state index contributed by atoms with van der Waals surface area (Å²) in [5.41, 5.74) is 1.50. The van der Waals surface area contributed by atoms with E-state index in [1.807, 2.05) is 24.0 Å². The maximum Gasteiger partial charge on any atom is 0.255 e. The quantitative estimate of drug-likeness (QED) is 0.851. The van der Waals surface area contributed by atoms with E-state index in [0.717, 1.165) is 18.4 Å². The number of amides is 1. The fourth-order valence-electron chi connectivity index (χ4n) is 2.52. The van der Waals surface area contributed by atoms with Gasteiger partial charge in [-0.05, 0) is 37.8 Å². The van der Waals surface area contributed by atoms with Gasteiger partial charge < -0.3 is 14.7 Å². The summed E-state index contributed by atoms with van der Waals surface area (Å²) in [5.74, 6) is -0.00231. The van der Waals surface area contributed by atoms with E-state index in [1.54, 1.807) is 6.07 Å². The summed E-state index contributed by atoms with van der Waals surface area (Å²) < 4.78 is 5.68. The lowest BCUT2D eigenvalue weighted by atomic mass is 10.1. The van der Waals surface area contributed by atoms with Gasteiger partial charge >= 0.3 is 0 Å². The Morgan fingerprint density at radius 1 is 1.43 bits per heavy atom. The van der Waals surface area contributed by atoms with Crippen LogP contribution in [0, 0.1) is 6.92 Å². The molecule has 0 bridgehead atoms. The van der Waals surface area contributed by atoms with Gasteiger partial charge in [0.2, 0.25) is 0 Å². The average Bonchev–Trinajstić information content (AvgIpc) is 2.50. The van der Waals surface area contributed by atoms with Crippen molar-refractivity contribution >= 4 is 17.5 Å². The molecule has 2 rings (SSSR count). The third kappa shape index (κ3) is 4.19. The number of carbonyl (C=O) groups excluding carboxylic acids is 1. The van der Waals surface area contributed by atoms with Gasteiger partial charge in [-0.2, -0.15) is 0 Å². The maximum absolute atomic E-state index is 12.5. The normalized spacial score (nSPS) is 16.2. The number of ether oxygens (including phenoxy) is 1. The van der Waals surface area contributed by atoms with E-state index in [1.165, 1.54) is 0 Å². The zero-order valence-electron chi connectivity index (χ0n) is 12.3. The van der Waals surface area contributed by atoms with Crippen molar-refractivity contribution in [2.45, 2.75) is 32.3 Å². The molecule has 0 atom stereocenters. The Bertz CT molecular complexity index is 484. The van der Waals surface area contributed by atoms with Crippen LogP contribution >= 0.6 is 11.6 Å². The van der Waals surface area contributed by atoms with Gasteiger partial charge in [-0.15, -0.1) is 0 Å². The van der Waals surface area contributed by atoms with Gasteiger partial charge in [0, 0.05) is 26.3 Å². The van der Waals surface area contributed by atoms with Gasteiger partial charge in [-0.3, -0.25) is 4.79 Å². The third-order valence-corrected chi connectivity index (χ3v) is 4.31. The lowest BCUT2D eigenvalue weighted by molar-refractivity contribution is 0.00398. The molecule has 1 aromatic carbocycles. The molecule has 0 aliphatic carbocycles. The summed E-state index contributed by atoms with van der Waals surface area (Å²) in [4.78, 5) is 14.3. The minimum Gasteiger partial charge on any atom is -0.396 e. The molecule has 0 spiro atoms. The fourth-order valence-corrected chi connectivity index (χ4v) is 2.73. The van der Waals surface area contributed by atoms with Crippen LogP contribution in [0.1, 0.15) is 35.2 Å². The number of carbonyl (C=O) groups is 1. The van der Waals surface area contributed by atoms with Crippen molar-refractivity contribution in [1.29, 1.82) is 0 Å². The van der Waals surface area contributed by atoms with Crippen molar-refractivity contribution in [3.05, 3.63) is 34.3 Å². The second kappa shape index (κ2) is 7.78. The highest BCUT2D eigenvalue weighted by Gasteiger charge is 2.25. The van der Waals surface area contributed by atoms with Crippen LogP contribution in [0.4, 0.5) is 0 Å².